The van der Waals surface area contributed by atoms with Gasteiger partial charge in [-0.1, -0.05) is 116 Å². The van der Waals surface area contributed by atoms with Crippen LogP contribution >= 0.6 is 0 Å². The van der Waals surface area contributed by atoms with E-state index in [4.69, 9.17) is 9.47 Å². The molecular weight excluding hydrogens is 1140 g/mol. The molecule has 0 aromatic carbocycles. The zero-order valence-corrected chi connectivity index (χ0v) is 58.6. The molecule has 1 fully saturated rings. The molecular formula is C65H116N10O14. The Hall–Kier alpha value is -6.17. The third-order valence-corrected chi connectivity index (χ3v) is 16.4. The highest BCUT2D eigenvalue weighted by Crippen LogP contribution is 2.25. The van der Waals surface area contributed by atoms with Gasteiger partial charge in [-0.3, -0.25) is 47.9 Å². The van der Waals surface area contributed by atoms with Crippen LogP contribution in [0.1, 0.15) is 163 Å². The van der Waals surface area contributed by atoms with Crippen LogP contribution in [-0.4, -0.2) is 228 Å². The van der Waals surface area contributed by atoms with Gasteiger partial charge in [0.05, 0.1) is 18.8 Å². The van der Waals surface area contributed by atoms with Crippen LogP contribution in [0.5, 0.6) is 0 Å². The van der Waals surface area contributed by atoms with Crippen LogP contribution in [0, 0.1) is 47.3 Å². The van der Waals surface area contributed by atoms with Crippen molar-refractivity contribution in [1.29, 1.82) is 0 Å². The molecule has 89 heavy (non-hydrogen) atoms. The Labute approximate surface area is 532 Å². The Morgan fingerprint density at radius 2 is 0.910 bits per heavy atom. The number of nitrogens with one attached hydrogen (secondary N) is 4. The number of hydrogen-bond donors (Lipinski definition) is 5. The van der Waals surface area contributed by atoms with Crippen LogP contribution in [0.4, 0.5) is 0 Å². The maximum absolute atomic E-state index is 15.2. The molecule has 0 spiro atoms. The minimum atomic E-state index is -1.68. The van der Waals surface area contributed by atoms with Gasteiger partial charge in [-0.2, -0.15) is 0 Å². The first-order valence-electron chi connectivity index (χ1n) is 31.9. The van der Waals surface area contributed by atoms with Crippen molar-refractivity contribution in [3.63, 3.8) is 0 Å². The minimum Gasteiger partial charge on any atom is -0.450 e. The molecule has 0 bridgehead atoms. The first kappa shape index (κ1) is 80.8. The van der Waals surface area contributed by atoms with E-state index >= 15 is 14.4 Å². The number of methoxy groups -OCH3 is 1. The van der Waals surface area contributed by atoms with E-state index in [1.54, 1.807) is 53.7 Å². The van der Waals surface area contributed by atoms with Crippen molar-refractivity contribution in [3.8, 4) is 0 Å². The van der Waals surface area contributed by atoms with Gasteiger partial charge in [0.25, 0.3) is 5.91 Å². The summed E-state index contributed by atoms with van der Waals surface area (Å²) >= 11 is 0. The first-order valence-corrected chi connectivity index (χ1v) is 31.9. The van der Waals surface area contributed by atoms with E-state index in [0.29, 0.717) is 0 Å². The summed E-state index contributed by atoms with van der Waals surface area (Å²) in [4.78, 5) is 169. The molecule has 0 saturated carbocycles. The SMILES string of the molecule is CC=CC[C@@H](C)[C@@H](O)[C@@H]1C(=O)N[C@H]([C@@H](C)OC)C(=O)N(C)CC(=O)N(C)[C@@H](CC(C)C)C(=O)N[C@H](CC(C)C)C(=O)N(C)[C@H](CC(C)C)C(=O)N[C@H](C)C(=O)O[C@@H](C(C)C)C(=O)N(C)[C@H](CC(C)C)C(=O)N[C@H](CC(C)C)C(=O)N(C)[C@H](C(C)C)C(=O)N1C. The molecule has 24 nitrogen and oxygen atoms in total. The number of ether oxygens (including phenoxy) is 2. The molecule has 1 heterocycles. The fourth-order valence-corrected chi connectivity index (χ4v) is 11.0. The predicted molar refractivity (Wildman–Crippen MR) is 342 cm³/mol. The lowest BCUT2D eigenvalue weighted by Crippen LogP contribution is -2.64. The van der Waals surface area contributed by atoms with Crippen molar-refractivity contribution in [1.82, 2.24) is 50.7 Å². The average Bonchev–Trinajstić information content (AvgIpc) is 3.65. The van der Waals surface area contributed by atoms with Gasteiger partial charge in [-0.05, 0) is 107 Å². The third-order valence-electron chi connectivity index (χ3n) is 16.4. The number of allylic oxidation sites excluding steroid dienone is 2. The maximum atomic E-state index is 15.2. The van der Waals surface area contributed by atoms with Crippen LogP contribution in [-0.2, 0) is 62.2 Å². The van der Waals surface area contributed by atoms with Gasteiger partial charge < -0.3 is 65.2 Å². The highest BCUT2D eigenvalue weighted by atomic mass is 16.6. The lowest BCUT2D eigenvalue weighted by Gasteiger charge is -2.40. The fraction of sp³-hybridized carbons (Fsp3) is 0.800. The Balaban J connectivity index is 4.45. The molecule has 5 N–H and O–H groups in total. The summed E-state index contributed by atoms with van der Waals surface area (Å²) in [7, 11) is 9.62. The predicted octanol–water partition coefficient (Wildman–Crippen LogP) is 4.00. The number of amides is 10. The van der Waals surface area contributed by atoms with Gasteiger partial charge >= 0.3 is 5.97 Å². The van der Waals surface area contributed by atoms with Crippen molar-refractivity contribution in [2.45, 2.75) is 236 Å². The van der Waals surface area contributed by atoms with Crippen LogP contribution in [0.25, 0.3) is 0 Å². The molecule has 1 saturated heterocycles. The number of esters is 1. The maximum Gasteiger partial charge on any atom is 0.329 e. The second-order valence-corrected chi connectivity index (χ2v) is 27.5. The summed E-state index contributed by atoms with van der Waals surface area (Å²) in [6.45, 7) is 31.0. The normalized spacial score (nSPS) is 26.6. The van der Waals surface area contributed by atoms with Crippen LogP contribution < -0.4 is 21.3 Å². The van der Waals surface area contributed by atoms with E-state index in [2.05, 4.69) is 21.3 Å². The largest absolute Gasteiger partial charge is 0.450 e. The monoisotopic (exact) mass is 1260 g/mol. The lowest BCUT2D eigenvalue weighted by molar-refractivity contribution is -0.166. The molecule has 10 amide bonds. The number of likely N-dealkylation sites (N-methyl/N-ethyl adjacent to an activating group) is 6. The van der Waals surface area contributed by atoms with E-state index in [1.807, 2.05) is 69.2 Å². The zero-order valence-electron chi connectivity index (χ0n) is 58.6. The number of carbonyl (C=O) groups excluding carboxylic acids is 11. The van der Waals surface area contributed by atoms with E-state index in [-0.39, 0.29) is 68.1 Å². The van der Waals surface area contributed by atoms with Crippen molar-refractivity contribution in [2.24, 2.45) is 47.3 Å². The molecule has 1 aliphatic heterocycles. The number of cyclic esters (lactones) is 1. The summed E-state index contributed by atoms with van der Waals surface area (Å²) in [5.74, 6) is -11.1. The Morgan fingerprint density at radius 3 is 1.31 bits per heavy atom. The Bertz CT molecular complexity index is 2410. The fourth-order valence-electron chi connectivity index (χ4n) is 11.0. The molecule has 0 unspecified atom stereocenters. The summed E-state index contributed by atoms with van der Waals surface area (Å²) in [6.07, 6.45) is 0.362. The minimum absolute atomic E-state index is 0.0926. The number of carbonyl (C=O) groups is 11. The lowest BCUT2D eigenvalue weighted by atomic mass is 9.91. The van der Waals surface area contributed by atoms with Gasteiger partial charge in [-0.25, -0.2) is 4.79 Å². The van der Waals surface area contributed by atoms with Gasteiger partial charge in [0, 0.05) is 49.4 Å². The molecule has 0 aromatic heterocycles. The first-order chi connectivity index (χ1) is 41.1. The van der Waals surface area contributed by atoms with Crippen LogP contribution in [0.3, 0.4) is 0 Å². The smallest absolute Gasteiger partial charge is 0.329 e. The van der Waals surface area contributed by atoms with E-state index in [1.165, 1.54) is 82.8 Å². The Kier molecular flexibility index (Phi) is 33.8. The summed E-state index contributed by atoms with van der Waals surface area (Å²) in [5.41, 5.74) is 0. The van der Waals surface area contributed by atoms with Crippen molar-refractivity contribution >= 4 is 65.0 Å². The number of nitrogens with zero attached hydrogens (tertiary/aromatic N) is 6. The van der Waals surface area contributed by atoms with Gasteiger partial charge in [-0.15, -0.1) is 0 Å². The van der Waals surface area contributed by atoms with Crippen molar-refractivity contribution in [3.05, 3.63) is 12.2 Å². The van der Waals surface area contributed by atoms with Gasteiger partial charge in [0.1, 0.15) is 54.4 Å². The van der Waals surface area contributed by atoms with E-state index < -0.39 is 162 Å². The number of aliphatic hydroxyl groups is 1. The molecule has 0 aromatic rings. The standard InChI is InChI=1S/C65H116N10O14/c1-26-27-28-42(16)54(77)53-59(81)69-51(44(18)88-25)62(84)70(19)34-50(76)71(20)47(31-37(6)7)57(79)67-45(29-35(2)3)60(82)72(21)48(32-38(8)9)56(78)66-43(17)65(87)89-55(41(14)15)64(86)73(22)49(33-39(10)11)58(80)68-46(30-36(4)5)61(83)74(23)52(40(12)13)63(85)75(53)24/h26-27,35-49,51-55,77H,28-34H2,1-25H3,(H,66,78)(H,67,79)(H,68,80)(H,69,81)/t42-,43-,44-,45-,46-,47+,48-,49-,51-,52-,53-,54-,55+/m1/s1. The summed E-state index contributed by atoms with van der Waals surface area (Å²) in [5, 5.41) is 23.4. The topological polar surface area (TPSA) is 294 Å². The van der Waals surface area contributed by atoms with Gasteiger partial charge in [0.2, 0.25) is 53.2 Å². The van der Waals surface area contributed by atoms with E-state index in [9.17, 15) is 43.5 Å². The second-order valence-electron chi connectivity index (χ2n) is 27.5. The number of rotatable bonds is 18. The highest BCUT2D eigenvalue weighted by Gasteiger charge is 2.46. The van der Waals surface area contributed by atoms with Crippen LogP contribution in [0.15, 0.2) is 12.2 Å². The third kappa shape index (κ3) is 23.9. The molecule has 24 heteroatoms. The average molecular weight is 1260 g/mol. The summed E-state index contributed by atoms with van der Waals surface area (Å²) < 4.78 is 11.5. The van der Waals surface area contributed by atoms with E-state index in [0.717, 1.165) is 9.80 Å². The van der Waals surface area contributed by atoms with Crippen molar-refractivity contribution in [2.75, 3.05) is 55.9 Å². The second kappa shape index (κ2) is 37.2. The Morgan fingerprint density at radius 1 is 0.506 bits per heavy atom. The molecule has 510 valence electrons. The molecule has 1 aliphatic rings. The van der Waals surface area contributed by atoms with Gasteiger partial charge in [0.15, 0.2) is 6.10 Å². The molecule has 0 aliphatic carbocycles. The molecule has 0 radical (unpaired) electrons. The van der Waals surface area contributed by atoms with Crippen LogP contribution in [0.2, 0.25) is 0 Å². The van der Waals surface area contributed by atoms with Crippen molar-refractivity contribution < 1.29 is 67.3 Å². The highest BCUT2D eigenvalue weighted by molar-refractivity contribution is 5.99. The summed E-state index contributed by atoms with van der Waals surface area (Å²) in [6, 6.07) is -11.9. The number of hydrogen-bond acceptors (Lipinski definition) is 14. The molecule has 13 atom stereocenters. The quantitative estimate of drug-likeness (QED) is 0.0958. The zero-order chi connectivity index (χ0) is 69.0. The number of aliphatic hydroxyl groups excluding tert-OH is 1. The molecule has 1 rings (SSSR count).